The van der Waals surface area contributed by atoms with Crippen molar-refractivity contribution in [2.45, 2.75) is 12.0 Å². The van der Waals surface area contributed by atoms with Gasteiger partial charge in [-0.1, -0.05) is 18.2 Å². The Hall–Kier alpha value is -2.82. The fourth-order valence-electron chi connectivity index (χ4n) is 3.14. The average Bonchev–Trinajstić information content (AvgIpc) is 2.64. The van der Waals surface area contributed by atoms with Gasteiger partial charge in [0.05, 0.1) is 31.9 Å². The summed E-state index contributed by atoms with van der Waals surface area (Å²) in [4.78, 5) is 18.9. The number of benzene rings is 1. The number of carbonyl (C=O) groups is 1. The van der Waals surface area contributed by atoms with Crippen LogP contribution >= 0.6 is 0 Å². The number of rotatable bonds is 6. The molecule has 1 fully saturated rings. The number of methoxy groups -OCH3 is 2. The van der Waals surface area contributed by atoms with Crippen molar-refractivity contribution in [3.63, 3.8) is 0 Å². The minimum absolute atomic E-state index is 0.0674. The van der Waals surface area contributed by atoms with Crippen LogP contribution in [0.4, 0.5) is 0 Å². The van der Waals surface area contributed by atoms with Gasteiger partial charge < -0.3 is 14.4 Å². The molecule has 0 aliphatic carbocycles. The summed E-state index contributed by atoms with van der Waals surface area (Å²) in [5, 5.41) is 0. The number of β-lactam (4-membered cyclic amide) rings is 1. The number of carbonyl (C=O) groups excluding carboxylic acids is 1. The highest BCUT2D eigenvalue weighted by molar-refractivity contribution is 5.91. The molecule has 1 amide bonds. The molecule has 0 N–H and O–H groups in total. The third-order valence-corrected chi connectivity index (χ3v) is 4.28. The van der Waals surface area contributed by atoms with Crippen LogP contribution in [0, 0.1) is 0 Å². The summed E-state index contributed by atoms with van der Waals surface area (Å²) in [5.74, 6) is 1.05. The normalized spacial score (nSPS) is 19.6. The molecule has 3 rings (SSSR count). The lowest BCUT2D eigenvalue weighted by molar-refractivity contribution is -0.149. The van der Waals surface area contributed by atoms with Crippen LogP contribution in [0.2, 0.25) is 0 Å². The zero-order chi connectivity index (χ0) is 17.1. The first-order chi connectivity index (χ1) is 11.7. The van der Waals surface area contributed by atoms with E-state index in [-0.39, 0.29) is 17.9 Å². The van der Waals surface area contributed by atoms with Crippen molar-refractivity contribution < 1.29 is 14.3 Å². The largest absolute Gasteiger partial charge is 0.493 e. The molecule has 5 nitrogen and oxygen atoms in total. The Bertz CT molecular complexity index is 746. The smallest absolute Gasteiger partial charge is 0.233 e. The SMILES string of the molecule is C=CCN1C(=O)[C@@H](c2ccc(OC)c(OC)c2)[C@@H]1c1ccccn1. The van der Waals surface area contributed by atoms with Crippen molar-refractivity contribution in [2.75, 3.05) is 20.8 Å². The fraction of sp³-hybridized carbons (Fsp3) is 0.263. The van der Waals surface area contributed by atoms with Crippen LogP contribution < -0.4 is 9.47 Å². The molecule has 0 saturated carbocycles. The summed E-state index contributed by atoms with van der Waals surface area (Å²) in [6, 6.07) is 11.2. The van der Waals surface area contributed by atoms with Gasteiger partial charge in [-0.3, -0.25) is 9.78 Å². The molecule has 2 aromatic rings. The van der Waals surface area contributed by atoms with Crippen molar-refractivity contribution in [3.8, 4) is 11.5 Å². The van der Waals surface area contributed by atoms with E-state index >= 15 is 0 Å². The second kappa shape index (κ2) is 6.74. The van der Waals surface area contributed by atoms with Crippen LogP contribution in [0.15, 0.2) is 55.3 Å². The number of likely N-dealkylation sites (tertiary alicyclic amines) is 1. The minimum Gasteiger partial charge on any atom is -0.493 e. The highest BCUT2D eigenvalue weighted by Gasteiger charge is 2.49. The van der Waals surface area contributed by atoms with E-state index in [1.54, 1.807) is 31.4 Å². The van der Waals surface area contributed by atoms with Crippen LogP contribution in [0.1, 0.15) is 23.2 Å². The Kier molecular flexibility index (Phi) is 4.51. The molecule has 5 heteroatoms. The third kappa shape index (κ3) is 2.62. The molecule has 1 aliphatic rings. The molecular formula is C19H20N2O3. The number of hydrogen-bond acceptors (Lipinski definition) is 4. The Morgan fingerprint density at radius 3 is 2.62 bits per heavy atom. The van der Waals surface area contributed by atoms with Crippen LogP contribution in [0.25, 0.3) is 0 Å². The maximum absolute atomic E-state index is 12.7. The molecule has 24 heavy (non-hydrogen) atoms. The minimum atomic E-state index is -0.278. The molecule has 0 radical (unpaired) electrons. The van der Waals surface area contributed by atoms with Crippen molar-refractivity contribution in [1.82, 2.24) is 9.88 Å². The Balaban J connectivity index is 1.99. The van der Waals surface area contributed by atoms with Gasteiger partial charge in [0.2, 0.25) is 5.91 Å². The number of ether oxygens (including phenoxy) is 2. The highest BCUT2D eigenvalue weighted by Crippen LogP contribution is 2.47. The Morgan fingerprint density at radius 1 is 1.21 bits per heavy atom. The van der Waals surface area contributed by atoms with Gasteiger partial charge in [0, 0.05) is 12.7 Å². The van der Waals surface area contributed by atoms with Crippen LogP contribution in [-0.4, -0.2) is 36.6 Å². The summed E-state index contributed by atoms with van der Waals surface area (Å²) in [5.41, 5.74) is 1.77. The Morgan fingerprint density at radius 2 is 2.00 bits per heavy atom. The highest BCUT2D eigenvalue weighted by atomic mass is 16.5. The standard InChI is InChI=1S/C19H20N2O3/c1-4-11-21-18(14-7-5-6-10-20-14)17(19(21)22)13-8-9-15(23-2)16(12-13)24-3/h4-10,12,17-18H,1,11H2,2-3H3/t17-,18-/m0/s1. The lowest BCUT2D eigenvalue weighted by atomic mass is 9.79. The molecule has 2 heterocycles. The Labute approximate surface area is 141 Å². The quantitative estimate of drug-likeness (QED) is 0.605. The first-order valence-corrected chi connectivity index (χ1v) is 7.75. The van der Waals surface area contributed by atoms with Gasteiger partial charge in [0.1, 0.15) is 0 Å². The molecular weight excluding hydrogens is 304 g/mol. The van der Waals surface area contributed by atoms with E-state index in [0.29, 0.717) is 18.0 Å². The molecule has 124 valence electrons. The predicted octanol–water partition coefficient (Wildman–Crippen LogP) is 2.95. The third-order valence-electron chi connectivity index (χ3n) is 4.28. The van der Waals surface area contributed by atoms with Crippen LogP contribution in [-0.2, 0) is 4.79 Å². The fourth-order valence-corrected chi connectivity index (χ4v) is 3.14. The first kappa shape index (κ1) is 16.1. The monoisotopic (exact) mass is 324 g/mol. The number of hydrogen-bond donors (Lipinski definition) is 0. The van der Waals surface area contributed by atoms with E-state index in [0.717, 1.165) is 11.3 Å². The van der Waals surface area contributed by atoms with E-state index in [1.165, 1.54) is 0 Å². The zero-order valence-corrected chi connectivity index (χ0v) is 13.8. The van der Waals surface area contributed by atoms with E-state index in [4.69, 9.17) is 9.47 Å². The number of pyridine rings is 1. The zero-order valence-electron chi connectivity index (χ0n) is 13.8. The maximum Gasteiger partial charge on any atom is 0.233 e. The van der Waals surface area contributed by atoms with Crippen molar-refractivity contribution in [2.24, 2.45) is 0 Å². The van der Waals surface area contributed by atoms with Crippen LogP contribution in [0.5, 0.6) is 11.5 Å². The van der Waals surface area contributed by atoms with Crippen molar-refractivity contribution >= 4 is 5.91 Å². The van der Waals surface area contributed by atoms with Gasteiger partial charge in [-0.2, -0.15) is 0 Å². The van der Waals surface area contributed by atoms with E-state index in [2.05, 4.69) is 11.6 Å². The van der Waals surface area contributed by atoms with Gasteiger partial charge in [-0.15, -0.1) is 6.58 Å². The molecule has 1 aromatic carbocycles. The molecule has 0 unspecified atom stereocenters. The van der Waals surface area contributed by atoms with Crippen LogP contribution in [0.3, 0.4) is 0 Å². The van der Waals surface area contributed by atoms with Crippen molar-refractivity contribution in [1.29, 1.82) is 0 Å². The summed E-state index contributed by atoms with van der Waals surface area (Å²) >= 11 is 0. The molecule has 2 atom stereocenters. The van der Waals surface area contributed by atoms with Gasteiger partial charge in [-0.25, -0.2) is 0 Å². The van der Waals surface area contributed by atoms with E-state index in [9.17, 15) is 4.79 Å². The summed E-state index contributed by atoms with van der Waals surface area (Å²) in [6.45, 7) is 4.25. The predicted molar refractivity (Wildman–Crippen MR) is 91.2 cm³/mol. The topological polar surface area (TPSA) is 51.7 Å². The lowest BCUT2D eigenvalue weighted by Gasteiger charge is -2.46. The van der Waals surface area contributed by atoms with Crippen molar-refractivity contribution in [3.05, 3.63) is 66.5 Å². The summed E-state index contributed by atoms with van der Waals surface area (Å²) in [7, 11) is 3.18. The second-order valence-electron chi connectivity index (χ2n) is 5.57. The molecule has 1 saturated heterocycles. The van der Waals surface area contributed by atoms with Gasteiger partial charge in [0.25, 0.3) is 0 Å². The number of amides is 1. The van der Waals surface area contributed by atoms with E-state index in [1.807, 2.05) is 36.4 Å². The summed E-state index contributed by atoms with van der Waals surface area (Å²) in [6.07, 6.45) is 3.48. The molecule has 0 bridgehead atoms. The number of aromatic nitrogens is 1. The second-order valence-corrected chi connectivity index (χ2v) is 5.57. The molecule has 1 aliphatic heterocycles. The summed E-state index contributed by atoms with van der Waals surface area (Å²) < 4.78 is 10.6. The number of nitrogens with zero attached hydrogens (tertiary/aromatic N) is 2. The maximum atomic E-state index is 12.7. The van der Waals surface area contributed by atoms with E-state index < -0.39 is 0 Å². The lowest BCUT2D eigenvalue weighted by Crippen LogP contribution is -2.53. The average molecular weight is 324 g/mol. The van der Waals surface area contributed by atoms with Gasteiger partial charge in [0.15, 0.2) is 11.5 Å². The van der Waals surface area contributed by atoms with Gasteiger partial charge >= 0.3 is 0 Å². The molecule has 0 spiro atoms. The molecule has 1 aromatic heterocycles. The first-order valence-electron chi connectivity index (χ1n) is 7.75. The van der Waals surface area contributed by atoms with Gasteiger partial charge in [-0.05, 0) is 29.8 Å².